The Kier molecular flexibility index (Phi) is 5.20. The molecule has 1 aliphatic heterocycles. The Labute approximate surface area is 125 Å². The second kappa shape index (κ2) is 7.11. The summed E-state index contributed by atoms with van der Waals surface area (Å²) < 4.78 is 0. The average Bonchev–Trinajstić information content (AvgIpc) is 2.97. The molecular weight excluding hydrogens is 268 g/mol. The van der Waals surface area contributed by atoms with Crippen LogP contribution in [0.25, 0.3) is 0 Å². The van der Waals surface area contributed by atoms with E-state index in [1.54, 1.807) is 0 Å². The van der Waals surface area contributed by atoms with Crippen LogP contribution in [0.15, 0.2) is 30.3 Å². The highest BCUT2D eigenvalue weighted by molar-refractivity contribution is 5.83. The van der Waals surface area contributed by atoms with Crippen LogP contribution in [0, 0.1) is 0 Å². The fraction of sp³-hybridized carbons (Fsp3) is 0.500. The van der Waals surface area contributed by atoms with Crippen LogP contribution in [-0.4, -0.2) is 41.1 Å². The fourth-order valence-electron chi connectivity index (χ4n) is 2.71. The Morgan fingerprint density at radius 2 is 2.10 bits per heavy atom. The molecule has 1 aromatic carbocycles. The molecule has 1 fully saturated rings. The normalized spacial score (nSPS) is 19.3. The number of carboxylic acid groups (broad SMARTS) is 1. The number of hydrogen-bond acceptors (Lipinski definition) is 2. The third-order valence-corrected chi connectivity index (χ3v) is 4.02. The number of carboxylic acids is 1. The van der Waals surface area contributed by atoms with E-state index in [4.69, 9.17) is 5.11 Å². The summed E-state index contributed by atoms with van der Waals surface area (Å²) in [7, 11) is 0. The average molecular weight is 290 g/mol. The third kappa shape index (κ3) is 3.97. The maximum Gasteiger partial charge on any atom is 0.326 e. The Morgan fingerprint density at radius 1 is 1.38 bits per heavy atom. The molecule has 0 spiro atoms. The van der Waals surface area contributed by atoms with Crippen LogP contribution in [0.3, 0.4) is 0 Å². The van der Waals surface area contributed by atoms with Gasteiger partial charge in [0.2, 0.25) is 0 Å². The van der Waals surface area contributed by atoms with Gasteiger partial charge in [-0.15, -0.1) is 0 Å². The number of carbonyl (C=O) groups is 2. The van der Waals surface area contributed by atoms with Crippen molar-refractivity contribution in [2.75, 3.05) is 13.1 Å². The number of urea groups is 1. The number of likely N-dealkylation sites (tertiary alicyclic amines) is 1. The molecule has 5 heteroatoms. The zero-order chi connectivity index (χ0) is 15.2. The Balaban J connectivity index is 1.78. The number of rotatable bonds is 5. The number of benzene rings is 1. The first kappa shape index (κ1) is 15.4. The lowest BCUT2D eigenvalue weighted by atomic mass is 9.98. The van der Waals surface area contributed by atoms with Gasteiger partial charge in [-0.3, -0.25) is 0 Å². The Hall–Kier alpha value is -2.04. The first-order valence-corrected chi connectivity index (χ1v) is 7.42. The molecule has 0 aliphatic carbocycles. The highest BCUT2D eigenvalue weighted by Gasteiger charge is 2.33. The van der Waals surface area contributed by atoms with Gasteiger partial charge in [0.1, 0.15) is 6.04 Å². The lowest BCUT2D eigenvalue weighted by molar-refractivity contribution is -0.141. The molecule has 114 valence electrons. The van der Waals surface area contributed by atoms with Crippen molar-refractivity contribution in [1.82, 2.24) is 10.2 Å². The monoisotopic (exact) mass is 290 g/mol. The molecule has 2 rings (SSSR count). The summed E-state index contributed by atoms with van der Waals surface area (Å²) in [4.78, 5) is 24.5. The predicted octanol–water partition coefficient (Wildman–Crippen LogP) is 2.44. The van der Waals surface area contributed by atoms with Crippen LogP contribution >= 0.6 is 0 Å². The lowest BCUT2D eigenvalue weighted by Gasteiger charge is -2.22. The second-order valence-electron chi connectivity index (χ2n) is 5.52. The van der Waals surface area contributed by atoms with Gasteiger partial charge < -0.3 is 15.3 Å². The molecule has 1 unspecified atom stereocenters. The van der Waals surface area contributed by atoms with Gasteiger partial charge in [0.15, 0.2) is 0 Å². The van der Waals surface area contributed by atoms with Crippen molar-refractivity contribution in [1.29, 1.82) is 0 Å². The van der Waals surface area contributed by atoms with E-state index in [1.165, 1.54) is 10.5 Å². The van der Waals surface area contributed by atoms with E-state index in [-0.39, 0.29) is 6.03 Å². The van der Waals surface area contributed by atoms with Crippen LogP contribution in [0.1, 0.15) is 37.7 Å². The molecule has 1 heterocycles. The lowest BCUT2D eigenvalue weighted by Crippen LogP contribution is -2.46. The SMILES string of the molecule is CC(CCNC(=O)N1CCC[C@H]1C(=O)O)c1ccccc1. The summed E-state index contributed by atoms with van der Waals surface area (Å²) in [6.07, 6.45) is 2.13. The Bertz CT molecular complexity index is 490. The minimum atomic E-state index is -0.916. The van der Waals surface area contributed by atoms with Gasteiger partial charge >= 0.3 is 12.0 Å². The summed E-state index contributed by atoms with van der Waals surface area (Å²) in [5.41, 5.74) is 1.25. The van der Waals surface area contributed by atoms with Gasteiger partial charge in [0.25, 0.3) is 0 Å². The number of hydrogen-bond donors (Lipinski definition) is 2. The Morgan fingerprint density at radius 3 is 2.76 bits per heavy atom. The van der Waals surface area contributed by atoms with E-state index in [9.17, 15) is 9.59 Å². The molecule has 1 aliphatic rings. The molecule has 0 bridgehead atoms. The van der Waals surface area contributed by atoms with Crippen molar-refractivity contribution < 1.29 is 14.7 Å². The van der Waals surface area contributed by atoms with Crippen LogP contribution in [0.4, 0.5) is 4.79 Å². The van der Waals surface area contributed by atoms with Crippen molar-refractivity contribution in [2.24, 2.45) is 0 Å². The molecule has 0 saturated carbocycles. The van der Waals surface area contributed by atoms with Crippen LogP contribution in [-0.2, 0) is 4.79 Å². The molecule has 2 amide bonds. The smallest absolute Gasteiger partial charge is 0.326 e. The molecule has 1 aromatic rings. The summed E-state index contributed by atoms with van der Waals surface area (Å²) in [5.74, 6) is -0.555. The molecule has 2 atom stereocenters. The van der Waals surface area contributed by atoms with Gasteiger partial charge in [-0.05, 0) is 30.7 Å². The van der Waals surface area contributed by atoms with Crippen molar-refractivity contribution >= 4 is 12.0 Å². The maximum absolute atomic E-state index is 12.0. The summed E-state index contributed by atoms with van der Waals surface area (Å²) in [5, 5.41) is 11.9. The predicted molar refractivity (Wildman–Crippen MR) is 80.2 cm³/mol. The summed E-state index contributed by atoms with van der Waals surface area (Å²) >= 11 is 0. The van der Waals surface area contributed by atoms with Crippen molar-refractivity contribution in [3.8, 4) is 0 Å². The van der Waals surface area contributed by atoms with Crippen molar-refractivity contribution in [2.45, 2.75) is 38.1 Å². The molecule has 1 saturated heterocycles. The first-order chi connectivity index (χ1) is 10.1. The number of amides is 2. The fourth-order valence-corrected chi connectivity index (χ4v) is 2.71. The molecule has 0 radical (unpaired) electrons. The molecule has 5 nitrogen and oxygen atoms in total. The maximum atomic E-state index is 12.0. The summed E-state index contributed by atoms with van der Waals surface area (Å²) in [6, 6.07) is 9.22. The minimum Gasteiger partial charge on any atom is -0.480 e. The van der Waals surface area contributed by atoms with Gasteiger partial charge in [-0.2, -0.15) is 0 Å². The molecule has 21 heavy (non-hydrogen) atoms. The van der Waals surface area contributed by atoms with Gasteiger partial charge in [-0.1, -0.05) is 37.3 Å². The van der Waals surface area contributed by atoms with E-state index in [0.29, 0.717) is 25.4 Å². The topological polar surface area (TPSA) is 69.6 Å². The van der Waals surface area contributed by atoms with E-state index in [0.717, 1.165) is 12.8 Å². The minimum absolute atomic E-state index is 0.264. The van der Waals surface area contributed by atoms with Gasteiger partial charge in [0, 0.05) is 13.1 Å². The van der Waals surface area contributed by atoms with Crippen LogP contribution in [0.2, 0.25) is 0 Å². The highest BCUT2D eigenvalue weighted by atomic mass is 16.4. The molecule has 0 aromatic heterocycles. The number of carbonyl (C=O) groups excluding carboxylic acids is 1. The zero-order valence-electron chi connectivity index (χ0n) is 12.3. The van der Waals surface area contributed by atoms with Gasteiger partial charge in [-0.25, -0.2) is 9.59 Å². The third-order valence-electron chi connectivity index (χ3n) is 4.02. The molecule has 2 N–H and O–H groups in total. The van der Waals surface area contributed by atoms with Crippen molar-refractivity contribution in [3.05, 3.63) is 35.9 Å². The zero-order valence-corrected chi connectivity index (χ0v) is 12.3. The van der Waals surface area contributed by atoms with Crippen LogP contribution in [0.5, 0.6) is 0 Å². The van der Waals surface area contributed by atoms with E-state index >= 15 is 0 Å². The highest BCUT2D eigenvalue weighted by Crippen LogP contribution is 2.19. The van der Waals surface area contributed by atoms with E-state index < -0.39 is 12.0 Å². The van der Waals surface area contributed by atoms with Crippen molar-refractivity contribution in [3.63, 3.8) is 0 Å². The van der Waals surface area contributed by atoms with E-state index in [1.807, 2.05) is 18.2 Å². The first-order valence-electron chi connectivity index (χ1n) is 7.42. The standard InChI is InChI=1S/C16H22N2O3/c1-12(13-6-3-2-4-7-13)9-10-17-16(21)18-11-5-8-14(18)15(19)20/h2-4,6-7,12,14H,5,8-11H2,1H3,(H,17,21)(H,19,20)/t12?,14-/m0/s1. The second-order valence-corrected chi connectivity index (χ2v) is 5.52. The quantitative estimate of drug-likeness (QED) is 0.875. The number of aliphatic carboxylic acids is 1. The molecular formula is C16H22N2O3. The van der Waals surface area contributed by atoms with Crippen LogP contribution < -0.4 is 5.32 Å². The number of nitrogens with one attached hydrogen (secondary N) is 1. The van der Waals surface area contributed by atoms with Gasteiger partial charge in [0.05, 0.1) is 0 Å². The van der Waals surface area contributed by atoms with E-state index in [2.05, 4.69) is 24.4 Å². The summed E-state index contributed by atoms with van der Waals surface area (Å²) in [6.45, 7) is 3.20. The number of nitrogens with zero attached hydrogens (tertiary/aromatic N) is 1. The largest absolute Gasteiger partial charge is 0.480 e.